The zero-order valence-corrected chi connectivity index (χ0v) is 15.9. The average molecular weight is 363 g/mol. The summed E-state index contributed by atoms with van der Waals surface area (Å²) >= 11 is 0. The highest BCUT2D eigenvalue weighted by Gasteiger charge is 2.26. The number of pyridine rings is 1. The van der Waals surface area contributed by atoms with Gasteiger partial charge in [-0.2, -0.15) is 0 Å². The van der Waals surface area contributed by atoms with Gasteiger partial charge in [0.1, 0.15) is 11.6 Å². The van der Waals surface area contributed by atoms with E-state index in [0.717, 1.165) is 49.5 Å². The normalized spacial score (nSPS) is 15.3. The third kappa shape index (κ3) is 3.16. The minimum absolute atomic E-state index is 0.0888. The molecule has 0 saturated carbocycles. The minimum Gasteiger partial charge on any atom is -0.356 e. The number of aromatic nitrogens is 3. The third-order valence-corrected chi connectivity index (χ3v) is 5.37. The molecule has 3 heterocycles. The SMILES string of the molecule is CCc1nc2ccccc2n1C1CCN(c2ncccc2C(=O)NC)CC1. The van der Waals surface area contributed by atoms with Gasteiger partial charge in [0, 0.05) is 38.8 Å². The Morgan fingerprint density at radius 1 is 1.19 bits per heavy atom. The van der Waals surface area contributed by atoms with Gasteiger partial charge in [-0.25, -0.2) is 9.97 Å². The monoisotopic (exact) mass is 363 g/mol. The summed E-state index contributed by atoms with van der Waals surface area (Å²) in [5.41, 5.74) is 2.93. The first kappa shape index (κ1) is 17.5. The standard InChI is InChI=1S/C21H25N5O/c1-3-19-24-17-8-4-5-9-18(17)26(19)15-10-13-25(14-11-15)20-16(21(27)22-2)7-6-12-23-20/h4-9,12,15H,3,10-11,13-14H2,1-2H3,(H,22,27). The summed E-state index contributed by atoms with van der Waals surface area (Å²) < 4.78 is 2.42. The molecule has 1 aromatic carbocycles. The maximum atomic E-state index is 12.2. The molecule has 3 aromatic rings. The number of hydrogen-bond donors (Lipinski definition) is 1. The first-order valence-electron chi connectivity index (χ1n) is 9.60. The minimum atomic E-state index is -0.0888. The van der Waals surface area contributed by atoms with Crippen molar-refractivity contribution in [2.75, 3.05) is 25.0 Å². The van der Waals surface area contributed by atoms with Crippen LogP contribution in [0.25, 0.3) is 11.0 Å². The number of hydrogen-bond acceptors (Lipinski definition) is 4. The second-order valence-corrected chi connectivity index (χ2v) is 6.91. The van der Waals surface area contributed by atoms with Crippen LogP contribution < -0.4 is 10.2 Å². The van der Waals surface area contributed by atoms with E-state index < -0.39 is 0 Å². The van der Waals surface area contributed by atoms with Crippen molar-refractivity contribution in [3.8, 4) is 0 Å². The Kier molecular flexibility index (Phi) is 4.79. The van der Waals surface area contributed by atoms with Crippen LogP contribution in [0.2, 0.25) is 0 Å². The molecule has 1 amide bonds. The number of para-hydroxylation sites is 2. The summed E-state index contributed by atoms with van der Waals surface area (Å²) in [5.74, 6) is 1.84. The maximum Gasteiger partial charge on any atom is 0.254 e. The van der Waals surface area contributed by atoms with Crippen molar-refractivity contribution in [3.63, 3.8) is 0 Å². The molecule has 140 valence electrons. The predicted octanol–water partition coefficient (Wildman–Crippen LogP) is 3.19. The summed E-state index contributed by atoms with van der Waals surface area (Å²) in [6.45, 7) is 3.92. The number of nitrogens with zero attached hydrogens (tertiary/aromatic N) is 4. The maximum absolute atomic E-state index is 12.2. The molecule has 1 fully saturated rings. The van der Waals surface area contributed by atoms with Gasteiger partial charge in [0.2, 0.25) is 0 Å². The van der Waals surface area contributed by atoms with Gasteiger partial charge < -0.3 is 14.8 Å². The van der Waals surface area contributed by atoms with E-state index in [-0.39, 0.29) is 5.91 Å². The van der Waals surface area contributed by atoms with E-state index in [4.69, 9.17) is 4.98 Å². The van der Waals surface area contributed by atoms with E-state index in [0.29, 0.717) is 11.6 Å². The summed E-state index contributed by atoms with van der Waals surface area (Å²) in [6, 6.07) is 12.5. The van der Waals surface area contributed by atoms with Crippen LogP contribution in [-0.2, 0) is 6.42 Å². The molecule has 1 saturated heterocycles. The summed E-state index contributed by atoms with van der Waals surface area (Å²) in [6.07, 6.45) is 4.70. The van der Waals surface area contributed by atoms with Gasteiger partial charge in [-0.05, 0) is 37.1 Å². The molecular weight excluding hydrogens is 338 g/mol. The Hall–Kier alpha value is -2.89. The van der Waals surface area contributed by atoms with Crippen LogP contribution in [0.1, 0.15) is 42.0 Å². The van der Waals surface area contributed by atoms with Gasteiger partial charge in [0.25, 0.3) is 5.91 Å². The Morgan fingerprint density at radius 2 is 1.96 bits per heavy atom. The van der Waals surface area contributed by atoms with Crippen LogP contribution in [0.15, 0.2) is 42.6 Å². The van der Waals surface area contributed by atoms with Gasteiger partial charge in [0.05, 0.1) is 16.6 Å². The van der Waals surface area contributed by atoms with Gasteiger partial charge >= 0.3 is 0 Å². The molecule has 0 unspecified atom stereocenters. The third-order valence-electron chi connectivity index (χ3n) is 5.37. The van der Waals surface area contributed by atoms with Crippen molar-refractivity contribution < 1.29 is 4.79 Å². The molecule has 0 atom stereocenters. The number of benzene rings is 1. The summed E-state index contributed by atoms with van der Waals surface area (Å²) in [4.78, 5) is 23.7. The largest absolute Gasteiger partial charge is 0.356 e. The lowest BCUT2D eigenvalue weighted by Gasteiger charge is -2.35. The lowest BCUT2D eigenvalue weighted by molar-refractivity contribution is 0.0963. The fraction of sp³-hybridized carbons (Fsp3) is 0.381. The highest BCUT2D eigenvalue weighted by atomic mass is 16.1. The number of carbonyl (C=O) groups is 1. The van der Waals surface area contributed by atoms with Crippen LogP contribution in [0.3, 0.4) is 0 Å². The number of nitrogens with one attached hydrogen (secondary N) is 1. The van der Waals surface area contributed by atoms with Crippen molar-refractivity contribution in [1.29, 1.82) is 0 Å². The lowest BCUT2D eigenvalue weighted by Crippen LogP contribution is -2.37. The number of rotatable bonds is 4. The van der Waals surface area contributed by atoms with E-state index in [2.05, 4.69) is 44.9 Å². The van der Waals surface area contributed by atoms with E-state index >= 15 is 0 Å². The Bertz CT molecular complexity index is 956. The van der Waals surface area contributed by atoms with Crippen LogP contribution in [0.4, 0.5) is 5.82 Å². The first-order chi connectivity index (χ1) is 13.2. The zero-order chi connectivity index (χ0) is 18.8. The highest BCUT2D eigenvalue weighted by Crippen LogP contribution is 2.31. The van der Waals surface area contributed by atoms with E-state index in [9.17, 15) is 4.79 Å². The molecule has 4 rings (SSSR count). The average Bonchev–Trinajstić information content (AvgIpc) is 3.12. The zero-order valence-electron chi connectivity index (χ0n) is 15.9. The number of aryl methyl sites for hydroxylation is 1. The topological polar surface area (TPSA) is 63.1 Å². The first-order valence-corrected chi connectivity index (χ1v) is 9.60. The molecule has 6 nitrogen and oxygen atoms in total. The molecule has 2 aromatic heterocycles. The lowest BCUT2D eigenvalue weighted by atomic mass is 10.0. The van der Waals surface area contributed by atoms with Crippen LogP contribution in [0, 0.1) is 0 Å². The van der Waals surface area contributed by atoms with Crippen molar-refractivity contribution in [2.45, 2.75) is 32.2 Å². The van der Waals surface area contributed by atoms with Gasteiger partial charge in [-0.15, -0.1) is 0 Å². The summed E-state index contributed by atoms with van der Waals surface area (Å²) in [7, 11) is 1.65. The number of amides is 1. The van der Waals surface area contributed by atoms with Crippen molar-refractivity contribution >= 4 is 22.8 Å². The molecule has 27 heavy (non-hydrogen) atoms. The number of carbonyl (C=O) groups excluding carboxylic acids is 1. The molecule has 1 aliphatic rings. The fourth-order valence-corrected chi connectivity index (χ4v) is 4.05. The molecule has 0 aliphatic carbocycles. The van der Waals surface area contributed by atoms with Crippen molar-refractivity contribution in [2.24, 2.45) is 0 Å². The van der Waals surface area contributed by atoms with E-state index in [1.807, 2.05) is 18.2 Å². The number of anilines is 1. The molecular formula is C21H25N5O. The Labute approximate surface area is 159 Å². The molecule has 6 heteroatoms. The molecule has 1 N–H and O–H groups in total. The van der Waals surface area contributed by atoms with Crippen LogP contribution in [-0.4, -0.2) is 40.6 Å². The second-order valence-electron chi connectivity index (χ2n) is 6.91. The van der Waals surface area contributed by atoms with E-state index in [1.165, 1.54) is 5.52 Å². The summed E-state index contributed by atoms with van der Waals surface area (Å²) in [5, 5.41) is 2.71. The predicted molar refractivity (Wildman–Crippen MR) is 107 cm³/mol. The second kappa shape index (κ2) is 7.39. The number of fused-ring (bicyclic) bond motifs is 1. The van der Waals surface area contributed by atoms with E-state index in [1.54, 1.807) is 13.2 Å². The van der Waals surface area contributed by atoms with Crippen molar-refractivity contribution in [3.05, 3.63) is 54.0 Å². The highest BCUT2D eigenvalue weighted by molar-refractivity contribution is 5.98. The molecule has 0 spiro atoms. The van der Waals surface area contributed by atoms with Crippen LogP contribution >= 0.6 is 0 Å². The van der Waals surface area contributed by atoms with Gasteiger partial charge in [0.15, 0.2) is 0 Å². The molecule has 0 bridgehead atoms. The molecule has 0 radical (unpaired) electrons. The quantitative estimate of drug-likeness (QED) is 0.773. The fourth-order valence-electron chi connectivity index (χ4n) is 4.05. The number of piperidine rings is 1. The van der Waals surface area contributed by atoms with Crippen LogP contribution in [0.5, 0.6) is 0 Å². The van der Waals surface area contributed by atoms with Gasteiger partial charge in [-0.1, -0.05) is 19.1 Å². The number of imidazole rings is 1. The Morgan fingerprint density at radius 3 is 2.70 bits per heavy atom. The smallest absolute Gasteiger partial charge is 0.254 e. The Balaban J connectivity index is 1.58. The van der Waals surface area contributed by atoms with Crippen molar-refractivity contribution in [1.82, 2.24) is 19.9 Å². The van der Waals surface area contributed by atoms with Gasteiger partial charge in [-0.3, -0.25) is 4.79 Å². The molecule has 1 aliphatic heterocycles.